The van der Waals surface area contributed by atoms with E-state index in [1.165, 1.54) is 0 Å². The van der Waals surface area contributed by atoms with Gasteiger partial charge in [0, 0.05) is 0 Å². The van der Waals surface area contributed by atoms with E-state index in [-0.39, 0.29) is 5.82 Å². The molecule has 1 heterocycles. The first-order valence-electron chi connectivity index (χ1n) is 5.74. The van der Waals surface area contributed by atoms with E-state index in [9.17, 15) is 18.7 Å². The summed E-state index contributed by atoms with van der Waals surface area (Å²) < 4.78 is 27.0. The van der Waals surface area contributed by atoms with Crippen LogP contribution in [0.3, 0.4) is 0 Å². The van der Waals surface area contributed by atoms with Gasteiger partial charge in [0.05, 0.1) is 16.5 Å². The predicted molar refractivity (Wildman–Crippen MR) is 69.4 cm³/mol. The maximum atomic E-state index is 13.8. The van der Waals surface area contributed by atoms with E-state index in [2.05, 4.69) is 9.97 Å². The van der Waals surface area contributed by atoms with Crippen molar-refractivity contribution in [3.8, 4) is 17.1 Å². The van der Waals surface area contributed by atoms with Crippen molar-refractivity contribution in [2.75, 3.05) is 0 Å². The average molecular weight is 274 g/mol. The van der Waals surface area contributed by atoms with E-state index < -0.39 is 28.5 Å². The van der Waals surface area contributed by atoms with Gasteiger partial charge < -0.3 is 10.1 Å². The van der Waals surface area contributed by atoms with E-state index in [1.807, 2.05) is 0 Å². The highest BCUT2D eigenvalue weighted by molar-refractivity contribution is 5.80. The summed E-state index contributed by atoms with van der Waals surface area (Å²) in [7, 11) is 0. The van der Waals surface area contributed by atoms with Crippen LogP contribution in [0, 0.1) is 11.6 Å². The van der Waals surface area contributed by atoms with Crippen LogP contribution >= 0.6 is 0 Å². The van der Waals surface area contributed by atoms with Gasteiger partial charge in [0.15, 0.2) is 11.6 Å². The van der Waals surface area contributed by atoms with Crippen molar-refractivity contribution in [1.82, 2.24) is 9.97 Å². The fraction of sp³-hybridized carbons (Fsp3) is 0. The van der Waals surface area contributed by atoms with Crippen molar-refractivity contribution in [2.45, 2.75) is 0 Å². The molecule has 0 bridgehead atoms. The number of benzene rings is 2. The molecule has 1 aromatic heterocycles. The molecule has 2 aromatic carbocycles. The minimum atomic E-state index is -1.26. The lowest BCUT2D eigenvalue weighted by atomic mass is 10.1. The third-order valence-electron chi connectivity index (χ3n) is 2.92. The second-order valence-electron chi connectivity index (χ2n) is 4.19. The smallest absolute Gasteiger partial charge is 0.259 e. The predicted octanol–water partition coefficient (Wildman–Crippen LogP) is 2.57. The average Bonchev–Trinajstić information content (AvgIpc) is 2.44. The van der Waals surface area contributed by atoms with Crippen molar-refractivity contribution < 1.29 is 13.9 Å². The Morgan fingerprint density at radius 3 is 2.65 bits per heavy atom. The molecule has 0 aliphatic rings. The highest BCUT2D eigenvalue weighted by Crippen LogP contribution is 2.30. The molecule has 0 saturated carbocycles. The van der Waals surface area contributed by atoms with Gasteiger partial charge in [0.2, 0.25) is 0 Å². The Labute approximate surface area is 111 Å². The van der Waals surface area contributed by atoms with E-state index in [0.717, 1.165) is 12.1 Å². The lowest BCUT2D eigenvalue weighted by molar-refractivity contribution is 0.458. The molecule has 0 amide bonds. The molecule has 2 N–H and O–H groups in total. The van der Waals surface area contributed by atoms with Crippen LogP contribution < -0.4 is 5.56 Å². The summed E-state index contributed by atoms with van der Waals surface area (Å²) >= 11 is 0. The molecule has 0 aliphatic carbocycles. The Morgan fingerprint density at radius 2 is 1.85 bits per heavy atom. The van der Waals surface area contributed by atoms with Gasteiger partial charge in [-0.2, -0.15) is 0 Å². The summed E-state index contributed by atoms with van der Waals surface area (Å²) in [5.41, 5.74) is -0.629. The van der Waals surface area contributed by atoms with Crippen molar-refractivity contribution in [2.24, 2.45) is 0 Å². The molecule has 0 radical (unpaired) electrons. The largest absolute Gasteiger partial charge is 0.507 e. The highest BCUT2D eigenvalue weighted by atomic mass is 19.2. The van der Waals surface area contributed by atoms with Crippen molar-refractivity contribution in [3.05, 3.63) is 58.4 Å². The number of hydrogen-bond acceptors (Lipinski definition) is 3. The number of hydrogen-bond donors (Lipinski definition) is 2. The zero-order chi connectivity index (χ0) is 14.3. The molecule has 4 nitrogen and oxygen atoms in total. The number of halogens is 2. The minimum Gasteiger partial charge on any atom is -0.507 e. The monoisotopic (exact) mass is 274 g/mol. The number of H-pyrrole nitrogens is 1. The quantitative estimate of drug-likeness (QED) is 0.716. The second-order valence-corrected chi connectivity index (χ2v) is 4.19. The molecule has 6 heteroatoms. The fourth-order valence-corrected chi connectivity index (χ4v) is 1.97. The zero-order valence-electron chi connectivity index (χ0n) is 10.0. The first-order chi connectivity index (χ1) is 9.58. The van der Waals surface area contributed by atoms with Crippen molar-refractivity contribution in [3.63, 3.8) is 0 Å². The fourth-order valence-electron chi connectivity index (χ4n) is 1.97. The second kappa shape index (κ2) is 4.41. The van der Waals surface area contributed by atoms with Crippen LogP contribution in [0.25, 0.3) is 22.3 Å². The number of aromatic nitrogens is 2. The first-order valence-corrected chi connectivity index (χ1v) is 5.74. The number of phenols is 1. The molecule has 100 valence electrons. The van der Waals surface area contributed by atoms with E-state index in [1.54, 1.807) is 24.3 Å². The molecule has 3 aromatic rings. The summed E-state index contributed by atoms with van der Waals surface area (Å²) in [5.74, 6) is -3.11. The number of phenolic OH excluding ortho intramolecular Hbond substituents is 1. The maximum Gasteiger partial charge on any atom is 0.259 e. The van der Waals surface area contributed by atoms with Crippen LogP contribution in [0.2, 0.25) is 0 Å². The van der Waals surface area contributed by atoms with Gasteiger partial charge in [-0.1, -0.05) is 12.1 Å². The molecule has 0 aliphatic heterocycles. The standard InChI is InChI=1S/C14H8F2N2O2/c15-8-5-6-10(19)11(12(8)16)13-17-9-4-2-1-3-7(9)14(20)18-13/h1-6,19H,(H,17,18,20). The number of fused-ring (bicyclic) bond motifs is 1. The number of rotatable bonds is 1. The third-order valence-corrected chi connectivity index (χ3v) is 2.92. The molecule has 0 fully saturated rings. The summed E-state index contributed by atoms with van der Waals surface area (Å²) in [6, 6.07) is 8.27. The minimum absolute atomic E-state index is 0.219. The van der Waals surface area contributed by atoms with E-state index in [4.69, 9.17) is 0 Å². The number of nitrogens with zero attached hydrogens (tertiary/aromatic N) is 1. The summed E-state index contributed by atoms with van der Waals surface area (Å²) in [4.78, 5) is 18.3. The van der Waals surface area contributed by atoms with Gasteiger partial charge in [-0.15, -0.1) is 0 Å². The highest BCUT2D eigenvalue weighted by Gasteiger charge is 2.18. The molecular weight excluding hydrogens is 266 g/mol. The van der Waals surface area contributed by atoms with Gasteiger partial charge >= 0.3 is 0 Å². The third kappa shape index (κ3) is 1.82. The summed E-state index contributed by atoms with van der Waals surface area (Å²) in [5, 5.41) is 9.99. The molecule has 0 atom stereocenters. The van der Waals surface area contributed by atoms with Gasteiger partial charge in [0.1, 0.15) is 11.6 Å². The Balaban J connectivity index is 2.36. The summed E-state index contributed by atoms with van der Waals surface area (Å²) in [6.45, 7) is 0. The topological polar surface area (TPSA) is 66.0 Å². The Kier molecular flexibility index (Phi) is 2.71. The zero-order valence-corrected chi connectivity index (χ0v) is 10.0. The van der Waals surface area contributed by atoms with Gasteiger partial charge in [0.25, 0.3) is 5.56 Å². The van der Waals surface area contributed by atoms with Crippen LogP contribution in [0.5, 0.6) is 5.75 Å². The van der Waals surface area contributed by atoms with E-state index >= 15 is 0 Å². The van der Waals surface area contributed by atoms with Crippen LogP contribution in [0.1, 0.15) is 0 Å². The van der Waals surface area contributed by atoms with Crippen molar-refractivity contribution in [1.29, 1.82) is 0 Å². The summed E-state index contributed by atoms with van der Waals surface area (Å²) in [6.07, 6.45) is 0. The Bertz CT molecular complexity index is 875. The maximum absolute atomic E-state index is 13.8. The van der Waals surface area contributed by atoms with Crippen LogP contribution in [-0.2, 0) is 0 Å². The lowest BCUT2D eigenvalue weighted by Gasteiger charge is -2.07. The van der Waals surface area contributed by atoms with Crippen molar-refractivity contribution >= 4 is 10.9 Å². The molecule has 3 rings (SSSR count). The van der Waals surface area contributed by atoms with Gasteiger partial charge in [-0.3, -0.25) is 4.79 Å². The SMILES string of the molecule is O=c1[nH]c(-c2c(O)ccc(F)c2F)nc2ccccc12. The van der Waals surface area contributed by atoms with E-state index in [0.29, 0.717) is 10.9 Å². The molecule has 0 spiro atoms. The molecular formula is C14H8F2N2O2. The number of para-hydroxylation sites is 1. The lowest BCUT2D eigenvalue weighted by Crippen LogP contribution is -2.10. The molecule has 20 heavy (non-hydrogen) atoms. The molecule has 0 saturated heterocycles. The molecule has 0 unspecified atom stereocenters. The number of nitrogens with one attached hydrogen (secondary N) is 1. The van der Waals surface area contributed by atoms with Crippen LogP contribution in [0.4, 0.5) is 8.78 Å². The Hall–Kier alpha value is -2.76. The van der Waals surface area contributed by atoms with Gasteiger partial charge in [-0.25, -0.2) is 13.8 Å². The first kappa shape index (κ1) is 12.3. The number of aromatic hydroxyl groups is 1. The van der Waals surface area contributed by atoms with Crippen LogP contribution in [-0.4, -0.2) is 15.1 Å². The number of aromatic amines is 1. The Morgan fingerprint density at radius 1 is 1.10 bits per heavy atom. The normalized spacial score (nSPS) is 10.9. The van der Waals surface area contributed by atoms with Crippen LogP contribution in [0.15, 0.2) is 41.2 Å². The van der Waals surface area contributed by atoms with Gasteiger partial charge in [-0.05, 0) is 24.3 Å².